The van der Waals surface area contributed by atoms with Crippen LogP contribution in [0, 0.1) is 0 Å². The molecule has 2 atom stereocenters. The number of aliphatic hydroxyl groups is 1. The molecule has 1 N–H and O–H groups in total. The van der Waals surface area contributed by atoms with Gasteiger partial charge in [-0.25, -0.2) is 0 Å². The Labute approximate surface area is 74.7 Å². The highest BCUT2D eigenvalue weighted by molar-refractivity contribution is 4.62. The smallest absolute Gasteiger partial charge is 0.103 e. The summed E-state index contributed by atoms with van der Waals surface area (Å²) in [5.74, 6) is 0. The van der Waals surface area contributed by atoms with Crippen molar-refractivity contribution in [2.24, 2.45) is 0 Å². The third-order valence-electron chi connectivity index (χ3n) is 1.61. The van der Waals surface area contributed by atoms with Crippen molar-refractivity contribution < 1.29 is 14.6 Å². The predicted molar refractivity (Wildman–Crippen MR) is 48.2 cm³/mol. The van der Waals surface area contributed by atoms with Crippen LogP contribution in [0.15, 0.2) is 0 Å². The van der Waals surface area contributed by atoms with Gasteiger partial charge in [0.1, 0.15) is 6.10 Å². The number of hydrogen-bond acceptors (Lipinski definition) is 3. The minimum absolute atomic E-state index is 0.133. The van der Waals surface area contributed by atoms with Gasteiger partial charge < -0.3 is 14.6 Å². The lowest BCUT2D eigenvalue weighted by Gasteiger charge is -2.18. The zero-order valence-corrected chi connectivity index (χ0v) is 8.25. The molecule has 2 unspecified atom stereocenters. The fourth-order valence-electron chi connectivity index (χ4n) is 0.858. The normalized spacial score (nSPS) is 16.0. The van der Waals surface area contributed by atoms with E-state index in [4.69, 9.17) is 9.47 Å². The number of ether oxygens (including phenoxy) is 2. The fourth-order valence-corrected chi connectivity index (χ4v) is 0.858. The summed E-state index contributed by atoms with van der Waals surface area (Å²) in [4.78, 5) is 0. The molecule has 0 aromatic heterocycles. The molecule has 3 heteroatoms. The minimum atomic E-state index is -0.503. The first-order valence-corrected chi connectivity index (χ1v) is 4.59. The van der Waals surface area contributed by atoms with Crippen molar-refractivity contribution >= 4 is 0 Å². The second-order valence-corrected chi connectivity index (χ2v) is 2.80. The molecular weight excluding hydrogens is 156 g/mol. The molecule has 0 aliphatic heterocycles. The van der Waals surface area contributed by atoms with E-state index in [1.54, 1.807) is 0 Å². The van der Waals surface area contributed by atoms with Gasteiger partial charge in [0.25, 0.3) is 0 Å². The lowest BCUT2D eigenvalue weighted by atomic mass is 10.2. The monoisotopic (exact) mass is 176 g/mol. The van der Waals surface area contributed by atoms with Gasteiger partial charge >= 0.3 is 0 Å². The summed E-state index contributed by atoms with van der Waals surface area (Å²) in [5.41, 5.74) is 0. The summed E-state index contributed by atoms with van der Waals surface area (Å²) in [6.07, 6.45) is 0.346. The predicted octanol–water partition coefficient (Wildman–Crippen LogP) is 1.20. The van der Waals surface area contributed by atoms with Crippen molar-refractivity contribution in [3.05, 3.63) is 0 Å². The highest BCUT2D eigenvalue weighted by Crippen LogP contribution is 1.99. The highest BCUT2D eigenvalue weighted by Gasteiger charge is 2.13. The molecule has 74 valence electrons. The van der Waals surface area contributed by atoms with E-state index in [1.807, 2.05) is 20.8 Å². The lowest BCUT2D eigenvalue weighted by molar-refractivity contribution is -0.0604. The van der Waals surface area contributed by atoms with E-state index in [-0.39, 0.29) is 6.10 Å². The average molecular weight is 176 g/mol. The molecule has 0 saturated heterocycles. The summed E-state index contributed by atoms with van der Waals surface area (Å²) in [5, 5.41) is 9.43. The van der Waals surface area contributed by atoms with Gasteiger partial charge in [0, 0.05) is 13.2 Å². The second kappa shape index (κ2) is 7.53. The van der Waals surface area contributed by atoms with Crippen molar-refractivity contribution in [1.82, 2.24) is 0 Å². The van der Waals surface area contributed by atoms with Gasteiger partial charge in [-0.1, -0.05) is 6.92 Å². The van der Waals surface area contributed by atoms with Crippen LogP contribution in [0.2, 0.25) is 0 Å². The quantitative estimate of drug-likeness (QED) is 0.592. The van der Waals surface area contributed by atoms with Crippen molar-refractivity contribution in [3.63, 3.8) is 0 Å². The van der Waals surface area contributed by atoms with Crippen molar-refractivity contribution in [3.8, 4) is 0 Å². The van der Waals surface area contributed by atoms with Gasteiger partial charge in [0.05, 0.1) is 12.7 Å². The third kappa shape index (κ3) is 5.52. The first-order chi connectivity index (χ1) is 5.72. The van der Waals surface area contributed by atoms with E-state index in [9.17, 15) is 5.11 Å². The maximum Gasteiger partial charge on any atom is 0.103 e. The molecule has 0 spiro atoms. The van der Waals surface area contributed by atoms with E-state index in [1.165, 1.54) is 0 Å². The van der Waals surface area contributed by atoms with Crippen LogP contribution in [0.5, 0.6) is 0 Å². The summed E-state index contributed by atoms with van der Waals surface area (Å²) in [7, 11) is 0. The van der Waals surface area contributed by atoms with E-state index < -0.39 is 6.10 Å². The van der Waals surface area contributed by atoms with Gasteiger partial charge in [0.15, 0.2) is 0 Å². The Hall–Kier alpha value is -0.120. The molecule has 0 rings (SSSR count). The molecule has 0 aliphatic rings. The van der Waals surface area contributed by atoms with E-state index >= 15 is 0 Å². The van der Waals surface area contributed by atoms with E-state index in [2.05, 4.69) is 0 Å². The van der Waals surface area contributed by atoms with Crippen LogP contribution in [0.4, 0.5) is 0 Å². The fraction of sp³-hybridized carbons (Fsp3) is 1.00. The molecule has 12 heavy (non-hydrogen) atoms. The van der Waals surface area contributed by atoms with Crippen molar-refractivity contribution in [2.45, 2.75) is 39.4 Å². The maximum atomic E-state index is 9.43. The van der Waals surface area contributed by atoms with Gasteiger partial charge in [-0.05, 0) is 20.3 Å². The molecule has 3 nitrogen and oxygen atoms in total. The molecule has 0 aromatic carbocycles. The average Bonchev–Trinajstić information content (AvgIpc) is 2.05. The Morgan fingerprint density at radius 3 is 2.50 bits per heavy atom. The highest BCUT2D eigenvalue weighted by atomic mass is 16.5. The Bertz CT molecular complexity index is 95.8. The van der Waals surface area contributed by atoms with Crippen LogP contribution in [-0.2, 0) is 9.47 Å². The van der Waals surface area contributed by atoms with Crippen LogP contribution >= 0.6 is 0 Å². The first-order valence-electron chi connectivity index (χ1n) is 4.59. The van der Waals surface area contributed by atoms with Crippen LogP contribution in [-0.4, -0.2) is 37.1 Å². The van der Waals surface area contributed by atoms with Gasteiger partial charge in [0.2, 0.25) is 0 Å². The molecule has 0 radical (unpaired) electrons. The topological polar surface area (TPSA) is 38.7 Å². The van der Waals surface area contributed by atoms with Crippen molar-refractivity contribution in [2.75, 3.05) is 19.8 Å². The minimum Gasteiger partial charge on any atom is -0.388 e. The number of rotatable bonds is 7. The SMILES string of the molecule is CCCOCC(O)C(C)OCC. The molecule has 0 saturated carbocycles. The standard InChI is InChI=1S/C9H20O3/c1-4-6-11-7-9(10)8(3)12-5-2/h8-10H,4-7H2,1-3H3. The van der Waals surface area contributed by atoms with Crippen LogP contribution < -0.4 is 0 Å². The Balaban J connectivity index is 3.35. The van der Waals surface area contributed by atoms with E-state index in [0.29, 0.717) is 19.8 Å². The summed E-state index contributed by atoms with van der Waals surface area (Å²) >= 11 is 0. The van der Waals surface area contributed by atoms with Gasteiger partial charge in [-0.2, -0.15) is 0 Å². The molecule has 0 heterocycles. The second-order valence-electron chi connectivity index (χ2n) is 2.80. The zero-order chi connectivity index (χ0) is 9.40. The zero-order valence-electron chi connectivity index (χ0n) is 8.25. The van der Waals surface area contributed by atoms with E-state index in [0.717, 1.165) is 6.42 Å². The Kier molecular flexibility index (Phi) is 7.45. The number of hydrogen-bond donors (Lipinski definition) is 1. The van der Waals surface area contributed by atoms with Crippen LogP contribution in [0.25, 0.3) is 0 Å². The molecule has 0 fully saturated rings. The summed E-state index contributed by atoms with van der Waals surface area (Å²) in [6, 6.07) is 0. The number of aliphatic hydroxyl groups excluding tert-OH is 1. The summed E-state index contributed by atoms with van der Waals surface area (Å²) < 4.78 is 10.4. The largest absolute Gasteiger partial charge is 0.388 e. The lowest BCUT2D eigenvalue weighted by Crippen LogP contribution is -2.30. The Morgan fingerprint density at radius 2 is 2.00 bits per heavy atom. The molecule has 0 aromatic rings. The summed E-state index contributed by atoms with van der Waals surface area (Å²) in [6.45, 7) is 7.51. The molecular formula is C9H20O3. The molecule has 0 aliphatic carbocycles. The van der Waals surface area contributed by atoms with Crippen LogP contribution in [0.3, 0.4) is 0 Å². The maximum absolute atomic E-state index is 9.43. The third-order valence-corrected chi connectivity index (χ3v) is 1.61. The molecule has 0 amide bonds. The van der Waals surface area contributed by atoms with Gasteiger partial charge in [-0.3, -0.25) is 0 Å². The van der Waals surface area contributed by atoms with Crippen LogP contribution in [0.1, 0.15) is 27.2 Å². The van der Waals surface area contributed by atoms with Gasteiger partial charge in [-0.15, -0.1) is 0 Å². The Morgan fingerprint density at radius 1 is 1.33 bits per heavy atom. The van der Waals surface area contributed by atoms with Crippen molar-refractivity contribution in [1.29, 1.82) is 0 Å². The first kappa shape index (κ1) is 11.9. The molecule has 0 bridgehead atoms.